The molecule has 0 spiro atoms. The molecule has 0 fully saturated rings. The molecule has 12 heavy (non-hydrogen) atoms. The molecule has 0 radical (unpaired) electrons. The summed E-state index contributed by atoms with van der Waals surface area (Å²) in [6, 6.07) is 2.60. The molecular weight excluding hydrogens is 273 g/mol. The molecule has 0 aromatic heterocycles. The van der Waals surface area contributed by atoms with Gasteiger partial charge in [-0.15, -0.1) is 24.0 Å². The van der Waals surface area contributed by atoms with Crippen LogP contribution < -0.4 is 5.73 Å². The zero-order valence-electron chi connectivity index (χ0n) is 6.19. The Morgan fingerprint density at radius 1 is 1.08 bits per heavy atom. The van der Waals surface area contributed by atoms with Crippen LogP contribution in [0.25, 0.3) is 0 Å². The largest absolute Gasteiger partial charge is 0.504 e. The summed E-state index contributed by atoms with van der Waals surface area (Å²) in [5, 5.41) is 26.8. The highest BCUT2D eigenvalue weighted by molar-refractivity contribution is 14.0. The van der Waals surface area contributed by atoms with E-state index in [-0.39, 0.29) is 42.0 Å². The van der Waals surface area contributed by atoms with Crippen LogP contribution in [0.1, 0.15) is 5.56 Å². The van der Waals surface area contributed by atoms with E-state index in [1.54, 1.807) is 0 Å². The molecule has 68 valence electrons. The first-order valence-corrected chi connectivity index (χ1v) is 3.09. The molecule has 0 amide bonds. The van der Waals surface area contributed by atoms with Crippen LogP contribution in [-0.4, -0.2) is 15.3 Å². The van der Waals surface area contributed by atoms with Crippen molar-refractivity contribution in [1.29, 1.82) is 0 Å². The second-order valence-electron chi connectivity index (χ2n) is 2.19. The second-order valence-corrected chi connectivity index (χ2v) is 2.19. The van der Waals surface area contributed by atoms with Crippen molar-refractivity contribution in [2.24, 2.45) is 5.73 Å². The summed E-state index contributed by atoms with van der Waals surface area (Å²) in [5.41, 5.74) is 5.80. The van der Waals surface area contributed by atoms with Crippen LogP contribution in [0.3, 0.4) is 0 Å². The lowest BCUT2D eigenvalue weighted by Gasteiger charge is -2.02. The maximum Gasteiger partial charge on any atom is 0.200 e. The zero-order valence-corrected chi connectivity index (χ0v) is 8.52. The predicted molar refractivity (Wildman–Crippen MR) is 54.7 cm³/mol. The molecule has 0 bridgehead atoms. The maximum absolute atomic E-state index is 8.95. The molecule has 5 heteroatoms. The van der Waals surface area contributed by atoms with Gasteiger partial charge in [0.1, 0.15) is 0 Å². The number of benzene rings is 1. The average Bonchev–Trinajstić information content (AvgIpc) is 1.99. The Labute approximate surface area is 86.7 Å². The van der Waals surface area contributed by atoms with Gasteiger partial charge in [-0.05, 0) is 17.7 Å². The normalized spacial score (nSPS) is 9.08. The molecule has 4 nitrogen and oxygen atoms in total. The number of phenolic OH excluding ortho intramolecular Hbond substituents is 3. The summed E-state index contributed by atoms with van der Waals surface area (Å²) in [7, 11) is 0. The van der Waals surface area contributed by atoms with Gasteiger partial charge in [-0.1, -0.05) is 0 Å². The van der Waals surface area contributed by atoms with Crippen molar-refractivity contribution in [3.63, 3.8) is 0 Å². The van der Waals surface area contributed by atoms with Gasteiger partial charge in [0.05, 0.1) is 0 Å². The van der Waals surface area contributed by atoms with Gasteiger partial charge in [-0.25, -0.2) is 0 Å². The third kappa shape index (κ3) is 2.15. The topological polar surface area (TPSA) is 86.7 Å². The number of aromatic hydroxyl groups is 3. The van der Waals surface area contributed by atoms with Crippen molar-refractivity contribution in [2.45, 2.75) is 6.54 Å². The fourth-order valence-electron chi connectivity index (χ4n) is 0.779. The standard InChI is InChI=1S/C7H9NO3.HI/c8-3-4-1-5(9)7(11)6(10)2-4;/h1-2,9-11H,3,8H2;1H. The Bertz CT molecular complexity index is 254. The van der Waals surface area contributed by atoms with Crippen LogP contribution in [0, 0.1) is 0 Å². The van der Waals surface area contributed by atoms with Crippen molar-refractivity contribution in [2.75, 3.05) is 0 Å². The van der Waals surface area contributed by atoms with E-state index >= 15 is 0 Å². The van der Waals surface area contributed by atoms with Gasteiger partial charge in [0, 0.05) is 6.54 Å². The first-order chi connectivity index (χ1) is 5.15. The Hall–Kier alpha value is -0.690. The van der Waals surface area contributed by atoms with Crippen LogP contribution in [-0.2, 0) is 6.54 Å². The minimum absolute atomic E-state index is 0. The monoisotopic (exact) mass is 283 g/mol. The predicted octanol–water partition coefficient (Wildman–Crippen LogP) is 0.880. The molecule has 0 saturated carbocycles. The van der Waals surface area contributed by atoms with Gasteiger partial charge >= 0.3 is 0 Å². The Kier molecular flexibility index (Phi) is 4.11. The SMILES string of the molecule is I.NCc1cc(O)c(O)c(O)c1. The first-order valence-electron chi connectivity index (χ1n) is 3.09. The number of hydrogen-bond acceptors (Lipinski definition) is 4. The van der Waals surface area contributed by atoms with Crippen LogP contribution in [0.2, 0.25) is 0 Å². The van der Waals surface area contributed by atoms with E-state index in [4.69, 9.17) is 21.1 Å². The van der Waals surface area contributed by atoms with Gasteiger partial charge in [0.15, 0.2) is 17.2 Å². The zero-order chi connectivity index (χ0) is 8.43. The molecule has 1 aromatic carbocycles. The van der Waals surface area contributed by atoms with Crippen molar-refractivity contribution in [3.8, 4) is 17.2 Å². The number of nitrogens with two attached hydrogens (primary N) is 1. The fraction of sp³-hybridized carbons (Fsp3) is 0.143. The molecule has 0 atom stereocenters. The van der Waals surface area contributed by atoms with Crippen molar-refractivity contribution < 1.29 is 15.3 Å². The van der Waals surface area contributed by atoms with Crippen LogP contribution in [0.15, 0.2) is 12.1 Å². The Balaban J connectivity index is 0.00000121. The smallest absolute Gasteiger partial charge is 0.200 e. The lowest BCUT2D eigenvalue weighted by molar-refractivity contribution is 0.367. The Morgan fingerprint density at radius 2 is 1.50 bits per heavy atom. The lowest BCUT2D eigenvalue weighted by atomic mass is 10.2. The molecular formula is C7H10INO3. The number of rotatable bonds is 1. The molecule has 0 aliphatic carbocycles. The highest BCUT2D eigenvalue weighted by Crippen LogP contribution is 2.34. The van der Waals surface area contributed by atoms with E-state index < -0.39 is 5.75 Å². The lowest BCUT2D eigenvalue weighted by Crippen LogP contribution is -1.95. The summed E-state index contributed by atoms with van der Waals surface area (Å²) >= 11 is 0. The maximum atomic E-state index is 8.95. The molecule has 1 rings (SSSR count). The number of hydrogen-bond donors (Lipinski definition) is 4. The van der Waals surface area contributed by atoms with Crippen LogP contribution in [0.5, 0.6) is 17.2 Å². The summed E-state index contributed by atoms with van der Waals surface area (Å²) < 4.78 is 0. The van der Waals surface area contributed by atoms with E-state index in [9.17, 15) is 0 Å². The molecule has 0 heterocycles. The second kappa shape index (κ2) is 4.36. The van der Waals surface area contributed by atoms with Gasteiger partial charge in [-0.2, -0.15) is 0 Å². The highest BCUT2D eigenvalue weighted by atomic mass is 127. The molecule has 5 N–H and O–H groups in total. The van der Waals surface area contributed by atoms with Crippen molar-refractivity contribution in [3.05, 3.63) is 17.7 Å². The Morgan fingerprint density at radius 3 is 1.83 bits per heavy atom. The number of halogens is 1. The van der Waals surface area contributed by atoms with Crippen LogP contribution in [0.4, 0.5) is 0 Å². The summed E-state index contributed by atoms with van der Waals surface area (Å²) in [6.07, 6.45) is 0. The average molecular weight is 283 g/mol. The van der Waals surface area contributed by atoms with Gasteiger partial charge in [0.25, 0.3) is 0 Å². The van der Waals surface area contributed by atoms with E-state index in [0.717, 1.165) is 0 Å². The molecule has 0 saturated heterocycles. The van der Waals surface area contributed by atoms with E-state index in [0.29, 0.717) is 5.56 Å². The van der Waals surface area contributed by atoms with Crippen molar-refractivity contribution in [1.82, 2.24) is 0 Å². The summed E-state index contributed by atoms with van der Waals surface area (Å²) in [4.78, 5) is 0. The van der Waals surface area contributed by atoms with Gasteiger partial charge in [-0.3, -0.25) is 0 Å². The van der Waals surface area contributed by atoms with E-state index in [1.807, 2.05) is 0 Å². The summed E-state index contributed by atoms with van der Waals surface area (Å²) in [5.74, 6) is -1.22. The first kappa shape index (κ1) is 11.3. The molecule has 0 aliphatic rings. The van der Waals surface area contributed by atoms with E-state index in [1.165, 1.54) is 12.1 Å². The third-order valence-electron chi connectivity index (χ3n) is 1.37. The molecule has 1 aromatic rings. The minimum atomic E-state index is -0.512. The highest BCUT2D eigenvalue weighted by Gasteiger charge is 2.06. The van der Waals surface area contributed by atoms with Crippen molar-refractivity contribution >= 4 is 24.0 Å². The quantitative estimate of drug-likeness (QED) is 0.455. The number of phenols is 3. The van der Waals surface area contributed by atoms with Gasteiger partial charge in [0.2, 0.25) is 0 Å². The van der Waals surface area contributed by atoms with E-state index in [2.05, 4.69) is 0 Å². The third-order valence-corrected chi connectivity index (χ3v) is 1.37. The minimum Gasteiger partial charge on any atom is -0.504 e. The molecule has 0 aliphatic heterocycles. The fourth-order valence-corrected chi connectivity index (χ4v) is 0.779. The van der Waals surface area contributed by atoms with Gasteiger partial charge < -0.3 is 21.1 Å². The van der Waals surface area contributed by atoms with Crippen LogP contribution >= 0.6 is 24.0 Å². The molecule has 0 unspecified atom stereocenters. The summed E-state index contributed by atoms with van der Waals surface area (Å²) in [6.45, 7) is 0.210.